The molecular formula is C26H25FN2O5S. The molecule has 3 aromatic rings. The Morgan fingerprint density at radius 3 is 2.51 bits per heavy atom. The van der Waals surface area contributed by atoms with Crippen molar-refractivity contribution in [3.63, 3.8) is 0 Å². The van der Waals surface area contributed by atoms with Gasteiger partial charge in [0.2, 0.25) is 0 Å². The predicted molar refractivity (Wildman–Crippen MR) is 131 cm³/mol. The Balaban J connectivity index is 1.85. The molecule has 0 spiro atoms. The molecule has 0 saturated heterocycles. The van der Waals surface area contributed by atoms with E-state index in [-0.39, 0.29) is 30.2 Å². The van der Waals surface area contributed by atoms with E-state index in [0.29, 0.717) is 33.0 Å². The summed E-state index contributed by atoms with van der Waals surface area (Å²) in [5.41, 5.74) is 1.86. The molecule has 0 radical (unpaired) electrons. The van der Waals surface area contributed by atoms with Crippen molar-refractivity contribution in [2.75, 3.05) is 26.9 Å². The van der Waals surface area contributed by atoms with Crippen LogP contribution in [0.4, 0.5) is 4.39 Å². The largest absolute Gasteiger partial charge is 0.494 e. The molecule has 35 heavy (non-hydrogen) atoms. The summed E-state index contributed by atoms with van der Waals surface area (Å²) < 4.78 is 31.2. The molecule has 1 aromatic heterocycles. The zero-order chi connectivity index (χ0) is 24.9. The Kier molecular flexibility index (Phi) is 7.57. The molecule has 0 N–H and O–H groups in total. The molecule has 0 amide bonds. The molecular weight excluding hydrogens is 471 g/mol. The second kappa shape index (κ2) is 10.8. The molecule has 1 aliphatic rings. The maximum absolute atomic E-state index is 13.6. The average Bonchev–Trinajstić information content (AvgIpc) is 3.15. The first-order valence-electron chi connectivity index (χ1n) is 11.1. The summed E-state index contributed by atoms with van der Waals surface area (Å²) in [6, 6.07) is 12.4. The Labute approximate surface area is 205 Å². The molecule has 182 valence electrons. The van der Waals surface area contributed by atoms with Gasteiger partial charge in [-0.1, -0.05) is 35.6 Å². The lowest BCUT2D eigenvalue weighted by atomic mass is 9.96. The van der Waals surface area contributed by atoms with Crippen molar-refractivity contribution in [1.82, 2.24) is 4.57 Å². The van der Waals surface area contributed by atoms with E-state index >= 15 is 0 Å². The minimum absolute atomic E-state index is 0.0805. The number of aromatic nitrogens is 1. The minimum atomic E-state index is -0.729. The Hall–Kier alpha value is -3.56. The van der Waals surface area contributed by atoms with Gasteiger partial charge in [0.05, 0.1) is 35.1 Å². The molecule has 0 fully saturated rings. The highest BCUT2D eigenvalue weighted by Gasteiger charge is 2.33. The highest BCUT2D eigenvalue weighted by atomic mass is 32.1. The van der Waals surface area contributed by atoms with Crippen LogP contribution in [0.3, 0.4) is 0 Å². The second-order valence-corrected chi connectivity index (χ2v) is 8.77. The minimum Gasteiger partial charge on any atom is -0.494 e. The van der Waals surface area contributed by atoms with Crippen LogP contribution >= 0.6 is 11.3 Å². The van der Waals surface area contributed by atoms with Crippen LogP contribution in [0.5, 0.6) is 5.75 Å². The number of hydrogen-bond acceptors (Lipinski definition) is 7. The number of allylic oxidation sites excluding steroid dienone is 1. The SMILES string of the molecule is CCOc1ccc(C2C(C(=O)OCCOC)=C(C)N=c3sc(=Cc4ccc(F)cc4)c(=O)n32)cc1. The maximum atomic E-state index is 13.6. The van der Waals surface area contributed by atoms with Crippen molar-refractivity contribution in [2.24, 2.45) is 4.99 Å². The van der Waals surface area contributed by atoms with E-state index in [0.717, 1.165) is 5.56 Å². The lowest BCUT2D eigenvalue weighted by Gasteiger charge is -2.25. The topological polar surface area (TPSA) is 79.1 Å². The average molecular weight is 497 g/mol. The zero-order valence-corrected chi connectivity index (χ0v) is 20.4. The molecule has 7 nitrogen and oxygen atoms in total. The van der Waals surface area contributed by atoms with Crippen LogP contribution in [0.1, 0.15) is 31.0 Å². The molecule has 9 heteroatoms. The van der Waals surface area contributed by atoms with Crippen LogP contribution in [-0.4, -0.2) is 37.5 Å². The standard InChI is InChI=1S/C26H25FN2O5S/c1-4-33-20-11-7-18(8-12-20)23-22(25(31)34-14-13-32-3)16(2)28-26-29(23)24(30)21(35-26)15-17-5-9-19(27)10-6-17/h5-12,15,23H,4,13-14H2,1-3H3. The number of methoxy groups -OCH3 is 1. The summed E-state index contributed by atoms with van der Waals surface area (Å²) in [4.78, 5) is 31.7. The fourth-order valence-corrected chi connectivity index (χ4v) is 4.86. The summed E-state index contributed by atoms with van der Waals surface area (Å²) >= 11 is 1.21. The smallest absolute Gasteiger partial charge is 0.338 e. The third kappa shape index (κ3) is 5.26. The fourth-order valence-electron chi connectivity index (χ4n) is 3.82. The van der Waals surface area contributed by atoms with Crippen LogP contribution in [0, 0.1) is 5.82 Å². The molecule has 0 saturated carbocycles. The van der Waals surface area contributed by atoms with E-state index in [1.54, 1.807) is 37.3 Å². The van der Waals surface area contributed by atoms with E-state index in [2.05, 4.69) is 4.99 Å². The van der Waals surface area contributed by atoms with Gasteiger partial charge in [-0.2, -0.15) is 0 Å². The van der Waals surface area contributed by atoms with Crippen LogP contribution in [-0.2, 0) is 14.3 Å². The van der Waals surface area contributed by atoms with Crippen molar-refractivity contribution in [3.8, 4) is 5.75 Å². The summed E-state index contributed by atoms with van der Waals surface area (Å²) in [7, 11) is 1.52. The lowest BCUT2D eigenvalue weighted by Crippen LogP contribution is -2.40. The number of esters is 1. The van der Waals surface area contributed by atoms with Crippen molar-refractivity contribution < 1.29 is 23.4 Å². The molecule has 2 aromatic carbocycles. The first-order valence-corrected chi connectivity index (χ1v) is 11.9. The number of hydrogen-bond donors (Lipinski definition) is 0. The third-order valence-corrected chi connectivity index (χ3v) is 6.42. The summed E-state index contributed by atoms with van der Waals surface area (Å²) in [6.45, 7) is 4.48. The number of benzene rings is 2. The zero-order valence-electron chi connectivity index (χ0n) is 19.6. The van der Waals surface area contributed by atoms with Crippen LogP contribution < -0.4 is 19.6 Å². The number of rotatable bonds is 8. The normalized spacial score (nSPS) is 15.5. The van der Waals surface area contributed by atoms with Crippen LogP contribution in [0.25, 0.3) is 6.08 Å². The lowest BCUT2D eigenvalue weighted by molar-refractivity contribution is -0.140. The van der Waals surface area contributed by atoms with Gasteiger partial charge in [0, 0.05) is 7.11 Å². The number of halogens is 1. The van der Waals surface area contributed by atoms with Crippen LogP contribution in [0.2, 0.25) is 0 Å². The van der Waals surface area contributed by atoms with Crippen molar-refractivity contribution in [3.05, 3.63) is 96.4 Å². The molecule has 1 atom stereocenters. The van der Waals surface area contributed by atoms with E-state index < -0.39 is 12.0 Å². The van der Waals surface area contributed by atoms with Crippen molar-refractivity contribution in [2.45, 2.75) is 19.9 Å². The molecule has 1 unspecified atom stereocenters. The number of carbonyl (C=O) groups excluding carboxylic acids is 1. The summed E-state index contributed by atoms with van der Waals surface area (Å²) in [5, 5.41) is 0. The summed E-state index contributed by atoms with van der Waals surface area (Å²) in [6.07, 6.45) is 1.69. The molecule has 4 rings (SSSR count). The van der Waals surface area contributed by atoms with Gasteiger partial charge in [-0.15, -0.1) is 0 Å². The fraction of sp³-hybridized carbons (Fsp3) is 0.269. The first-order chi connectivity index (χ1) is 16.9. The van der Waals surface area contributed by atoms with Crippen molar-refractivity contribution >= 4 is 23.4 Å². The number of carbonyl (C=O) groups is 1. The number of nitrogens with zero attached hydrogens (tertiary/aromatic N) is 2. The third-order valence-electron chi connectivity index (χ3n) is 5.44. The molecule has 0 aliphatic carbocycles. The monoisotopic (exact) mass is 496 g/mol. The van der Waals surface area contributed by atoms with Crippen LogP contribution in [0.15, 0.2) is 69.6 Å². The number of thiazole rings is 1. The van der Waals surface area contributed by atoms with Gasteiger partial charge in [-0.05, 0) is 55.3 Å². The molecule has 0 bridgehead atoms. The summed E-state index contributed by atoms with van der Waals surface area (Å²) in [5.74, 6) is -0.230. The first kappa shape index (κ1) is 24.6. The Morgan fingerprint density at radius 1 is 1.14 bits per heavy atom. The van der Waals surface area contributed by atoms with E-state index in [1.165, 1.54) is 35.1 Å². The van der Waals surface area contributed by atoms with E-state index in [9.17, 15) is 14.0 Å². The van der Waals surface area contributed by atoms with Gasteiger partial charge in [-0.25, -0.2) is 14.2 Å². The van der Waals surface area contributed by atoms with E-state index in [1.807, 2.05) is 19.1 Å². The predicted octanol–water partition coefficient (Wildman–Crippen LogP) is 2.96. The molecule has 2 heterocycles. The van der Waals surface area contributed by atoms with Gasteiger partial charge in [-0.3, -0.25) is 9.36 Å². The van der Waals surface area contributed by atoms with Gasteiger partial charge in [0.25, 0.3) is 5.56 Å². The quantitative estimate of drug-likeness (QED) is 0.354. The highest BCUT2D eigenvalue weighted by Crippen LogP contribution is 2.31. The van der Waals surface area contributed by atoms with Gasteiger partial charge < -0.3 is 14.2 Å². The molecule has 1 aliphatic heterocycles. The van der Waals surface area contributed by atoms with E-state index in [4.69, 9.17) is 14.2 Å². The van der Waals surface area contributed by atoms with Crippen molar-refractivity contribution in [1.29, 1.82) is 0 Å². The van der Waals surface area contributed by atoms with Gasteiger partial charge >= 0.3 is 5.97 Å². The second-order valence-electron chi connectivity index (χ2n) is 7.76. The number of fused-ring (bicyclic) bond motifs is 1. The Bertz CT molecular complexity index is 1420. The van der Waals surface area contributed by atoms with Gasteiger partial charge in [0.15, 0.2) is 4.80 Å². The highest BCUT2D eigenvalue weighted by molar-refractivity contribution is 7.07. The van der Waals surface area contributed by atoms with Gasteiger partial charge in [0.1, 0.15) is 18.2 Å². The Morgan fingerprint density at radius 2 is 1.86 bits per heavy atom. The maximum Gasteiger partial charge on any atom is 0.338 e. The number of ether oxygens (including phenoxy) is 3.